The standard InChI is InChI=1S/C17H30N2/c1-6-7-8-15-9-17(10-15)12-19(13-17)11-14(2)18-16(3,4)5/h7-8,15,18H,2,6,9-13H2,1,3-5H3/b8-7-. The Morgan fingerprint density at radius 3 is 2.53 bits per heavy atom. The van der Waals surface area contributed by atoms with E-state index in [1.807, 2.05) is 0 Å². The zero-order chi connectivity index (χ0) is 14.1. The molecule has 0 radical (unpaired) electrons. The molecule has 1 spiro atoms. The maximum absolute atomic E-state index is 4.14. The average molecular weight is 262 g/mol. The van der Waals surface area contributed by atoms with Gasteiger partial charge >= 0.3 is 0 Å². The Hall–Kier alpha value is -0.760. The maximum atomic E-state index is 4.14. The van der Waals surface area contributed by atoms with Gasteiger partial charge in [-0.1, -0.05) is 25.7 Å². The largest absolute Gasteiger partial charge is 0.383 e. The van der Waals surface area contributed by atoms with Crippen molar-refractivity contribution < 1.29 is 0 Å². The number of rotatable bonds is 5. The summed E-state index contributed by atoms with van der Waals surface area (Å²) in [4.78, 5) is 2.53. The van der Waals surface area contributed by atoms with Crippen LogP contribution in [0.3, 0.4) is 0 Å². The minimum atomic E-state index is 0.131. The van der Waals surface area contributed by atoms with Crippen LogP contribution in [0, 0.1) is 11.3 Å². The van der Waals surface area contributed by atoms with E-state index in [1.54, 1.807) is 0 Å². The zero-order valence-electron chi connectivity index (χ0n) is 13.1. The van der Waals surface area contributed by atoms with E-state index >= 15 is 0 Å². The van der Waals surface area contributed by atoms with Crippen LogP contribution >= 0.6 is 0 Å². The lowest BCUT2D eigenvalue weighted by Crippen LogP contribution is -2.62. The highest BCUT2D eigenvalue weighted by atomic mass is 15.2. The summed E-state index contributed by atoms with van der Waals surface area (Å²) in [6.07, 6.45) is 8.73. The summed E-state index contributed by atoms with van der Waals surface area (Å²) >= 11 is 0. The van der Waals surface area contributed by atoms with Gasteiger partial charge in [0.25, 0.3) is 0 Å². The summed E-state index contributed by atoms with van der Waals surface area (Å²) in [6.45, 7) is 16.5. The van der Waals surface area contributed by atoms with Gasteiger partial charge in [-0.2, -0.15) is 0 Å². The first-order chi connectivity index (χ1) is 8.82. The Labute approximate surface area is 118 Å². The molecule has 2 rings (SSSR count). The van der Waals surface area contributed by atoms with Crippen LogP contribution in [0.2, 0.25) is 0 Å². The van der Waals surface area contributed by atoms with Gasteiger partial charge in [-0.15, -0.1) is 0 Å². The van der Waals surface area contributed by atoms with E-state index in [9.17, 15) is 0 Å². The molecule has 2 heteroatoms. The van der Waals surface area contributed by atoms with Crippen LogP contribution in [0.1, 0.15) is 47.0 Å². The molecular weight excluding hydrogens is 232 g/mol. The van der Waals surface area contributed by atoms with Crippen molar-refractivity contribution in [3.8, 4) is 0 Å². The van der Waals surface area contributed by atoms with Crippen molar-refractivity contribution in [2.45, 2.75) is 52.5 Å². The van der Waals surface area contributed by atoms with Gasteiger partial charge in [-0.05, 0) is 51.4 Å². The lowest BCUT2D eigenvalue weighted by molar-refractivity contribution is -0.0775. The minimum absolute atomic E-state index is 0.131. The first kappa shape index (κ1) is 14.6. The van der Waals surface area contributed by atoms with Crippen molar-refractivity contribution in [3.63, 3.8) is 0 Å². The van der Waals surface area contributed by atoms with Crippen LogP contribution in [0.5, 0.6) is 0 Å². The Morgan fingerprint density at radius 2 is 2.00 bits per heavy atom. The van der Waals surface area contributed by atoms with Crippen LogP contribution in [-0.4, -0.2) is 30.1 Å². The first-order valence-corrected chi connectivity index (χ1v) is 7.67. The van der Waals surface area contributed by atoms with E-state index in [-0.39, 0.29) is 5.54 Å². The SMILES string of the molecule is C=C(CN1CC2(CC(/C=C\CC)C2)C1)NC(C)(C)C. The van der Waals surface area contributed by atoms with E-state index in [1.165, 1.54) is 32.4 Å². The summed E-state index contributed by atoms with van der Waals surface area (Å²) in [6, 6.07) is 0. The molecule has 1 aliphatic heterocycles. The molecule has 1 heterocycles. The van der Waals surface area contributed by atoms with Gasteiger partial charge in [-0.3, -0.25) is 4.90 Å². The molecule has 0 aromatic heterocycles. The van der Waals surface area contributed by atoms with Crippen molar-refractivity contribution in [2.24, 2.45) is 11.3 Å². The van der Waals surface area contributed by atoms with Crippen molar-refractivity contribution in [1.29, 1.82) is 0 Å². The molecule has 1 saturated heterocycles. The third-order valence-corrected chi connectivity index (χ3v) is 4.12. The third-order valence-electron chi connectivity index (χ3n) is 4.12. The average Bonchev–Trinajstić information content (AvgIpc) is 2.15. The third kappa shape index (κ3) is 3.85. The van der Waals surface area contributed by atoms with Gasteiger partial charge in [0.2, 0.25) is 0 Å². The fourth-order valence-electron chi connectivity index (χ4n) is 3.63. The summed E-state index contributed by atoms with van der Waals surface area (Å²) in [5.74, 6) is 0.859. The fourth-order valence-corrected chi connectivity index (χ4v) is 3.63. The van der Waals surface area contributed by atoms with E-state index in [0.29, 0.717) is 5.41 Å². The van der Waals surface area contributed by atoms with Gasteiger partial charge < -0.3 is 5.32 Å². The first-order valence-electron chi connectivity index (χ1n) is 7.67. The molecule has 0 amide bonds. The van der Waals surface area contributed by atoms with Gasteiger partial charge in [-0.25, -0.2) is 0 Å². The van der Waals surface area contributed by atoms with E-state index in [2.05, 4.69) is 56.6 Å². The topological polar surface area (TPSA) is 15.3 Å². The fraction of sp³-hybridized carbons (Fsp3) is 0.765. The van der Waals surface area contributed by atoms with E-state index < -0.39 is 0 Å². The van der Waals surface area contributed by atoms with Gasteiger partial charge in [0, 0.05) is 30.9 Å². The van der Waals surface area contributed by atoms with E-state index in [4.69, 9.17) is 0 Å². The normalized spacial score (nSPS) is 23.4. The van der Waals surface area contributed by atoms with Crippen molar-refractivity contribution in [1.82, 2.24) is 10.2 Å². The molecule has 1 saturated carbocycles. The summed E-state index contributed by atoms with van der Waals surface area (Å²) in [7, 11) is 0. The highest BCUT2D eigenvalue weighted by Crippen LogP contribution is 2.52. The predicted octanol–water partition coefficient (Wildman–Crippen LogP) is 3.57. The molecule has 108 valence electrons. The number of hydrogen-bond donors (Lipinski definition) is 1. The molecular formula is C17H30N2. The predicted molar refractivity (Wildman–Crippen MR) is 83.1 cm³/mol. The number of likely N-dealkylation sites (tertiary alicyclic amines) is 1. The molecule has 0 bridgehead atoms. The highest BCUT2D eigenvalue weighted by Gasteiger charge is 2.51. The van der Waals surface area contributed by atoms with Crippen LogP contribution in [-0.2, 0) is 0 Å². The summed E-state index contributed by atoms with van der Waals surface area (Å²) < 4.78 is 0. The molecule has 2 nitrogen and oxygen atoms in total. The number of nitrogens with one attached hydrogen (secondary N) is 1. The second kappa shape index (κ2) is 5.32. The van der Waals surface area contributed by atoms with Crippen LogP contribution in [0.15, 0.2) is 24.4 Å². The summed E-state index contributed by atoms with van der Waals surface area (Å²) in [5.41, 5.74) is 1.95. The molecule has 0 aromatic rings. The second-order valence-electron chi connectivity index (χ2n) is 7.63. The van der Waals surface area contributed by atoms with Crippen LogP contribution in [0.4, 0.5) is 0 Å². The van der Waals surface area contributed by atoms with Crippen LogP contribution < -0.4 is 5.32 Å². The minimum Gasteiger partial charge on any atom is -0.383 e. The molecule has 19 heavy (non-hydrogen) atoms. The van der Waals surface area contributed by atoms with Crippen LogP contribution in [0.25, 0.3) is 0 Å². The zero-order valence-corrected chi connectivity index (χ0v) is 13.1. The molecule has 1 aliphatic carbocycles. The van der Waals surface area contributed by atoms with Gasteiger partial charge in [0.1, 0.15) is 0 Å². The van der Waals surface area contributed by atoms with Gasteiger partial charge in [0.15, 0.2) is 0 Å². The lowest BCUT2D eigenvalue weighted by atomic mass is 9.57. The Balaban J connectivity index is 1.65. The smallest absolute Gasteiger partial charge is 0.0376 e. The highest BCUT2D eigenvalue weighted by molar-refractivity contribution is 5.11. The van der Waals surface area contributed by atoms with Crippen molar-refractivity contribution in [3.05, 3.63) is 24.4 Å². The van der Waals surface area contributed by atoms with E-state index in [0.717, 1.165) is 18.2 Å². The molecule has 0 aromatic carbocycles. The summed E-state index contributed by atoms with van der Waals surface area (Å²) in [5, 5.41) is 3.47. The number of hydrogen-bond acceptors (Lipinski definition) is 2. The molecule has 0 unspecified atom stereocenters. The Morgan fingerprint density at radius 1 is 1.37 bits per heavy atom. The molecule has 0 atom stereocenters. The number of allylic oxidation sites excluding steroid dienone is 2. The van der Waals surface area contributed by atoms with Crippen molar-refractivity contribution >= 4 is 0 Å². The van der Waals surface area contributed by atoms with Crippen molar-refractivity contribution in [2.75, 3.05) is 19.6 Å². The molecule has 2 fully saturated rings. The lowest BCUT2D eigenvalue weighted by Gasteiger charge is -2.59. The number of nitrogens with zero attached hydrogens (tertiary/aromatic N) is 1. The Bertz CT molecular complexity index is 348. The molecule has 2 aliphatic rings. The Kier molecular flexibility index (Phi) is 4.10. The second-order valence-corrected chi connectivity index (χ2v) is 7.63. The maximum Gasteiger partial charge on any atom is 0.0376 e. The molecule has 1 N–H and O–H groups in total. The monoisotopic (exact) mass is 262 g/mol. The van der Waals surface area contributed by atoms with Gasteiger partial charge in [0.05, 0.1) is 0 Å². The quantitative estimate of drug-likeness (QED) is 0.762.